The van der Waals surface area contributed by atoms with Crippen LogP contribution in [0, 0.1) is 5.92 Å². The lowest BCUT2D eigenvalue weighted by molar-refractivity contribution is -0.122. The minimum Gasteiger partial charge on any atom is -0.297 e. The summed E-state index contributed by atoms with van der Waals surface area (Å²) in [6, 6.07) is 0. The van der Waals surface area contributed by atoms with Crippen molar-refractivity contribution in [2.75, 3.05) is 0 Å². The molecule has 0 N–H and O–H groups in total. The molecule has 76 valence electrons. The quantitative estimate of drug-likeness (QED) is 0.820. The maximum Gasteiger partial charge on any atom is 0.268 e. The van der Waals surface area contributed by atoms with Crippen LogP contribution < -0.4 is 5.56 Å². The number of hydrogen-bond acceptors (Lipinski definition) is 3. The van der Waals surface area contributed by atoms with E-state index in [0.717, 1.165) is 0 Å². The van der Waals surface area contributed by atoms with Gasteiger partial charge in [-0.15, -0.1) is 0 Å². The Balaban J connectivity index is 2.93. The molecule has 1 heterocycles. The summed E-state index contributed by atoms with van der Waals surface area (Å²) in [5, 5.41) is 0. The van der Waals surface area contributed by atoms with Gasteiger partial charge in [0.05, 0.1) is 12.9 Å². The molecule has 0 amide bonds. The first-order valence-corrected chi connectivity index (χ1v) is 5.04. The summed E-state index contributed by atoms with van der Waals surface area (Å²) in [6.07, 6.45) is 2.78. The highest BCUT2D eigenvalue weighted by molar-refractivity contribution is 9.10. The Morgan fingerprint density at radius 1 is 1.64 bits per heavy atom. The van der Waals surface area contributed by atoms with E-state index in [1.54, 1.807) is 13.8 Å². The highest BCUT2D eigenvalue weighted by atomic mass is 79.9. The number of hydrogen-bond donors (Lipinski definition) is 0. The van der Waals surface area contributed by atoms with Gasteiger partial charge in [-0.25, -0.2) is 4.98 Å². The zero-order chi connectivity index (χ0) is 10.7. The number of carbonyl (C=O) groups is 1. The third kappa shape index (κ3) is 2.51. The first-order valence-electron chi connectivity index (χ1n) is 4.25. The Bertz CT molecular complexity index is 398. The number of ketones is 1. The predicted octanol–water partition coefficient (Wildman–Crippen LogP) is 1.23. The van der Waals surface area contributed by atoms with Crippen LogP contribution in [0.2, 0.25) is 0 Å². The largest absolute Gasteiger partial charge is 0.297 e. The third-order valence-electron chi connectivity index (χ3n) is 1.83. The molecule has 0 atom stereocenters. The first-order chi connectivity index (χ1) is 6.52. The number of Topliss-reactive ketones (excluding diaryl/α,β-unsaturated/α-hetero) is 1. The second kappa shape index (κ2) is 4.50. The Morgan fingerprint density at radius 3 is 2.86 bits per heavy atom. The van der Waals surface area contributed by atoms with Crippen molar-refractivity contribution in [1.82, 2.24) is 9.55 Å². The topological polar surface area (TPSA) is 52.0 Å². The van der Waals surface area contributed by atoms with E-state index in [4.69, 9.17) is 0 Å². The van der Waals surface area contributed by atoms with Crippen molar-refractivity contribution >= 4 is 21.7 Å². The van der Waals surface area contributed by atoms with Gasteiger partial charge < -0.3 is 0 Å². The van der Waals surface area contributed by atoms with Crippen LogP contribution >= 0.6 is 15.9 Å². The van der Waals surface area contributed by atoms with E-state index in [1.807, 2.05) is 0 Å². The van der Waals surface area contributed by atoms with Crippen LogP contribution in [-0.2, 0) is 11.3 Å². The molecule has 0 bridgehead atoms. The Morgan fingerprint density at radius 2 is 2.29 bits per heavy atom. The average molecular weight is 259 g/mol. The van der Waals surface area contributed by atoms with Crippen LogP contribution in [0.3, 0.4) is 0 Å². The monoisotopic (exact) mass is 258 g/mol. The molecule has 0 saturated carbocycles. The van der Waals surface area contributed by atoms with E-state index in [1.165, 1.54) is 17.1 Å². The van der Waals surface area contributed by atoms with Gasteiger partial charge in [-0.1, -0.05) is 13.8 Å². The van der Waals surface area contributed by atoms with E-state index in [0.29, 0.717) is 4.47 Å². The molecule has 1 aromatic heterocycles. The fourth-order valence-electron chi connectivity index (χ4n) is 0.887. The molecule has 0 saturated heterocycles. The van der Waals surface area contributed by atoms with Gasteiger partial charge >= 0.3 is 0 Å². The van der Waals surface area contributed by atoms with E-state index in [-0.39, 0.29) is 23.8 Å². The standard InChI is InChI=1S/C9H11BrN2O2/c1-6(2)8(13)4-12-5-11-3-7(10)9(12)14/h3,5-6H,4H2,1-2H3. The summed E-state index contributed by atoms with van der Waals surface area (Å²) in [5.74, 6) is -0.0483. The predicted molar refractivity (Wildman–Crippen MR) is 56.0 cm³/mol. The van der Waals surface area contributed by atoms with E-state index >= 15 is 0 Å². The molecule has 0 aliphatic heterocycles. The summed E-state index contributed by atoms with van der Waals surface area (Å²) < 4.78 is 1.67. The molecular weight excluding hydrogens is 248 g/mol. The molecule has 0 aliphatic rings. The SMILES string of the molecule is CC(C)C(=O)Cn1cncc(Br)c1=O. The lowest BCUT2D eigenvalue weighted by Gasteiger charge is -2.06. The van der Waals surface area contributed by atoms with Gasteiger partial charge in [0.15, 0.2) is 5.78 Å². The van der Waals surface area contributed by atoms with Crippen molar-refractivity contribution in [3.63, 3.8) is 0 Å². The second-order valence-corrected chi connectivity index (χ2v) is 4.15. The molecule has 0 aromatic carbocycles. The molecule has 5 heteroatoms. The summed E-state index contributed by atoms with van der Waals surface area (Å²) >= 11 is 3.07. The Hall–Kier alpha value is -0.970. The third-order valence-corrected chi connectivity index (χ3v) is 2.37. The summed E-state index contributed by atoms with van der Waals surface area (Å²) in [4.78, 5) is 26.6. The molecule has 0 unspecified atom stereocenters. The molecule has 1 rings (SSSR count). The smallest absolute Gasteiger partial charge is 0.268 e. The van der Waals surface area contributed by atoms with Crippen LogP contribution in [0.1, 0.15) is 13.8 Å². The van der Waals surface area contributed by atoms with Gasteiger partial charge in [-0.2, -0.15) is 0 Å². The highest BCUT2D eigenvalue weighted by Crippen LogP contribution is 2.00. The minimum absolute atomic E-state index is 0.0204. The van der Waals surface area contributed by atoms with Crippen LogP contribution in [0.5, 0.6) is 0 Å². The maximum absolute atomic E-state index is 11.5. The first kappa shape index (κ1) is 11.1. The number of rotatable bonds is 3. The summed E-state index contributed by atoms with van der Waals surface area (Å²) in [6.45, 7) is 3.69. The van der Waals surface area contributed by atoms with Crippen LogP contribution in [0.4, 0.5) is 0 Å². The Labute approximate surface area is 90.1 Å². The zero-order valence-corrected chi connectivity index (χ0v) is 9.61. The fraction of sp³-hybridized carbons (Fsp3) is 0.444. The van der Waals surface area contributed by atoms with Crippen molar-refractivity contribution in [2.24, 2.45) is 5.92 Å². The van der Waals surface area contributed by atoms with Crippen molar-refractivity contribution < 1.29 is 4.79 Å². The summed E-state index contributed by atoms with van der Waals surface area (Å²) in [7, 11) is 0. The van der Waals surface area contributed by atoms with E-state index < -0.39 is 0 Å². The normalized spacial score (nSPS) is 10.6. The molecule has 4 nitrogen and oxygen atoms in total. The van der Waals surface area contributed by atoms with Crippen molar-refractivity contribution in [3.05, 3.63) is 27.4 Å². The second-order valence-electron chi connectivity index (χ2n) is 3.30. The molecule has 1 aromatic rings. The maximum atomic E-state index is 11.5. The van der Waals surface area contributed by atoms with Crippen LogP contribution in [-0.4, -0.2) is 15.3 Å². The molecule has 0 radical (unpaired) electrons. The van der Waals surface area contributed by atoms with Gasteiger partial charge in [-0.05, 0) is 15.9 Å². The number of aromatic nitrogens is 2. The molecule has 0 fully saturated rings. The van der Waals surface area contributed by atoms with Gasteiger partial charge in [0, 0.05) is 12.1 Å². The van der Waals surface area contributed by atoms with Crippen LogP contribution in [0.15, 0.2) is 21.8 Å². The molecule has 14 heavy (non-hydrogen) atoms. The number of carbonyl (C=O) groups excluding carboxylic acids is 1. The number of nitrogens with zero attached hydrogens (tertiary/aromatic N) is 2. The van der Waals surface area contributed by atoms with Gasteiger partial charge in [0.25, 0.3) is 5.56 Å². The minimum atomic E-state index is -0.228. The van der Waals surface area contributed by atoms with Gasteiger partial charge in [0.2, 0.25) is 0 Å². The van der Waals surface area contributed by atoms with E-state index in [9.17, 15) is 9.59 Å². The summed E-state index contributed by atoms with van der Waals surface area (Å²) in [5.41, 5.74) is -0.228. The van der Waals surface area contributed by atoms with E-state index in [2.05, 4.69) is 20.9 Å². The lowest BCUT2D eigenvalue weighted by Crippen LogP contribution is -2.26. The van der Waals surface area contributed by atoms with Crippen LogP contribution in [0.25, 0.3) is 0 Å². The number of halogens is 1. The zero-order valence-electron chi connectivity index (χ0n) is 8.03. The average Bonchev–Trinajstić information content (AvgIpc) is 2.12. The van der Waals surface area contributed by atoms with Gasteiger partial charge in [-0.3, -0.25) is 14.2 Å². The Kier molecular flexibility index (Phi) is 3.57. The lowest BCUT2D eigenvalue weighted by atomic mass is 10.1. The molecule has 0 aliphatic carbocycles. The molecular formula is C9H11BrN2O2. The van der Waals surface area contributed by atoms with Gasteiger partial charge in [0.1, 0.15) is 4.47 Å². The van der Waals surface area contributed by atoms with Crippen molar-refractivity contribution in [1.29, 1.82) is 0 Å². The van der Waals surface area contributed by atoms with Crippen molar-refractivity contribution in [3.8, 4) is 0 Å². The highest BCUT2D eigenvalue weighted by Gasteiger charge is 2.09. The fourth-order valence-corrected chi connectivity index (χ4v) is 1.23. The van der Waals surface area contributed by atoms with Crippen molar-refractivity contribution in [2.45, 2.75) is 20.4 Å². The molecule has 0 spiro atoms.